The topological polar surface area (TPSA) is 51.2 Å². The fraction of sp³-hybridized carbons (Fsp3) is 0.0556. The Morgan fingerprint density at radius 2 is 1.55 bits per heavy atom. The van der Waals surface area contributed by atoms with E-state index in [1.54, 1.807) is 43.3 Å². The number of benzene rings is 3. The van der Waals surface area contributed by atoms with Gasteiger partial charge in [0.15, 0.2) is 5.78 Å². The Hall–Kier alpha value is -2.46. The molecule has 4 rings (SSSR count). The number of aryl methyl sites for hydroxylation is 1. The summed E-state index contributed by atoms with van der Waals surface area (Å²) in [6.45, 7) is 1.77. The molecule has 3 aromatic rings. The standard InChI is InChI=1S/C18H12O3S/c1-11-9-10-12-5-4-7-14-16(12)18(11)22(20,21)15-8-3-2-6-13(15)17(14)19/h2-10H,1H3. The lowest BCUT2D eigenvalue weighted by Crippen LogP contribution is -2.07. The first-order chi connectivity index (χ1) is 10.5. The van der Waals surface area contributed by atoms with Crippen LogP contribution in [0.15, 0.2) is 64.4 Å². The molecule has 0 amide bonds. The van der Waals surface area contributed by atoms with E-state index in [0.717, 1.165) is 5.39 Å². The van der Waals surface area contributed by atoms with Crippen LogP contribution in [0.4, 0.5) is 0 Å². The van der Waals surface area contributed by atoms with Crippen molar-refractivity contribution >= 4 is 26.4 Å². The summed E-state index contributed by atoms with van der Waals surface area (Å²) in [5.74, 6) is -0.242. The van der Waals surface area contributed by atoms with Crippen molar-refractivity contribution in [1.29, 1.82) is 0 Å². The number of rotatable bonds is 0. The zero-order valence-corrected chi connectivity index (χ0v) is 12.6. The van der Waals surface area contributed by atoms with E-state index in [1.165, 1.54) is 6.07 Å². The second kappa shape index (κ2) is 4.27. The van der Waals surface area contributed by atoms with Gasteiger partial charge in [0.2, 0.25) is 9.84 Å². The molecular weight excluding hydrogens is 296 g/mol. The number of hydrogen-bond donors (Lipinski definition) is 0. The highest BCUT2D eigenvalue weighted by atomic mass is 32.2. The molecule has 0 unspecified atom stereocenters. The Morgan fingerprint density at radius 1 is 0.818 bits per heavy atom. The molecule has 1 aliphatic heterocycles. The molecule has 3 nitrogen and oxygen atoms in total. The maximum absolute atomic E-state index is 13.1. The fourth-order valence-corrected chi connectivity index (χ4v) is 5.05. The Bertz CT molecular complexity index is 1060. The van der Waals surface area contributed by atoms with Crippen LogP contribution in [0.1, 0.15) is 21.5 Å². The van der Waals surface area contributed by atoms with Crippen molar-refractivity contribution < 1.29 is 13.2 Å². The quantitative estimate of drug-likeness (QED) is 0.499. The monoisotopic (exact) mass is 308 g/mol. The van der Waals surface area contributed by atoms with Crippen molar-refractivity contribution in [1.82, 2.24) is 0 Å². The fourth-order valence-electron chi connectivity index (χ4n) is 3.13. The maximum atomic E-state index is 13.1. The van der Waals surface area contributed by atoms with Crippen LogP contribution in [0.25, 0.3) is 10.8 Å². The molecule has 108 valence electrons. The minimum Gasteiger partial charge on any atom is -0.289 e. The Balaban J connectivity index is 2.35. The number of carbonyl (C=O) groups excluding carboxylic acids is 1. The molecule has 0 aliphatic carbocycles. The molecule has 4 heteroatoms. The van der Waals surface area contributed by atoms with E-state index in [4.69, 9.17) is 0 Å². The van der Waals surface area contributed by atoms with Gasteiger partial charge in [0.1, 0.15) is 0 Å². The molecule has 1 aliphatic rings. The van der Waals surface area contributed by atoms with Gasteiger partial charge >= 0.3 is 0 Å². The molecule has 0 aromatic heterocycles. The zero-order chi connectivity index (χ0) is 15.5. The summed E-state index contributed by atoms with van der Waals surface area (Å²) >= 11 is 0. The van der Waals surface area contributed by atoms with Gasteiger partial charge in [0.05, 0.1) is 9.79 Å². The van der Waals surface area contributed by atoms with Gasteiger partial charge in [0.25, 0.3) is 0 Å². The lowest BCUT2D eigenvalue weighted by Gasteiger charge is -2.10. The Morgan fingerprint density at radius 3 is 2.36 bits per heavy atom. The lowest BCUT2D eigenvalue weighted by molar-refractivity contribution is 0.103. The van der Waals surface area contributed by atoms with Crippen molar-refractivity contribution in [3.05, 3.63) is 71.3 Å². The molecule has 0 spiro atoms. The van der Waals surface area contributed by atoms with Crippen LogP contribution in [-0.2, 0) is 9.84 Å². The third kappa shape index (κ3) is 1.56. The minimum atomic E-state index is -3.73. The molecule has 0 radical (unpaired) electrons. The Kier molecular flexibility index (Phi) is 2.57. The molecule has 22 heavy (non-hydrogen) atoms. The highest BCUT2D eigenvalue weighted by molar-refractivity contribution is 7.92. The number of sulfone groups is 1. The summed E-state index contributed by atoms with van der Waals surface area (Å²) < 4.78 is 26.2. The SMILES string of the molecule is Cc1ccc2cccc3c2c1S(=O)(=O)c1ccccc1C3=O. The zero-order valence-electron chi connectivity index (χ0n) is 11.8. The largest absolute Gasteiger partial charge is 0.289 e. The van der Waals surface area contributed by atoms with E-state index >= 15 is 0 Å². The van der Waals surface area contributed by atoms with Gasteiger partial charge in [-0.1, -0.05) is 42.5 Å². The average molecular weight is 308 g/mol. The molecular formula is C18H12O3S. The van der Waals surface area contributed by atoms with Crippen LogP contribution in [0.5, 0.6) is 0 Å². The van der Waals surface area contributed by atoms with E-state index in [9.17, 15) is 13.2 Å². The summed E-state index contributed by atoms with van der Waals surface area (Å²) in [5, 5.41) is 1.30. The van der Waals surface area contributed by atoms with Gasteiger partial charge < -0.3 is 0 Å². The van der Waals surface area contributed by atoms with E-state index < -0.39 is 9.84 Å². The van der Waals surface area contributed by atoms with Crippen LogP contribution in [0.2, 0.25) is 0 Å². The summed E-state index contributed by atoms with van der Waals surface area (Å²) in [6, 6.07) is 15.4. The minimum absolute atomic E-state index is 0.0896. The first-order valence-corrected chi connectivity index (χ1v) is 8.41. The third-order valence-electron chi connectivity index (χ3n) is 4.13. The van der Waals surface area contributed by atoms with Crippen LogP contribution in [0.3, 0.4) is 0 Å². The van der Waals surface area contributed by atoms with E-state index in [-0.39, 0.29) is 21.1 Å². The van der Waals surface area contributed by atoms with Gasteiger partial charge in [-0.05, 0) is 30.0 Å². The van der Waals surface area contributed by atoms with Crippen molar-refractivity contribution in [2.24, 2.45) is 0 Å². The van der Waals surface area contributed by atoms with Crippen molar-refractivity contribution in [3.63, 3.8) is 0 Å². The van der Waals surface area contributed by atoms with Crippen LogP contribution < -0.4 is 0 Å². The van der Waals surface area contributed by atoms with Crippen LogP contribution >= 0.6 is 0 Å². The summed E-state index contributed by atoms with van der Waals surface area (Å²) in [6.07, 6.45) is 0. The number of fused-ring (bicyclic) bond motifs is 1. The van der Waals surface area contributed by atoms with E-state index in [0.29, 0.717) is 16.5 Å². The maximum Gasteiger partial charge on any atom is 0.208 e. The molecule has 0 saturated heterocycles. The van der Waals surface area contributed by atoms with Crippen molar-refractivity contribution in [2.45, 2.75) is 16.7 Å². The predicted octanol–water partition coefficient (Wildman–Crippen LogP) is 3.53. The highest BCUT2D eigenvalue weighted by Crippen LogP contribution is 2.38. The first-order valence-electron chi connectivity index (χ1n) is 6.93. The van der Waals surface area contributed by atoms with E-state index in [1.807, 2.05) is 12.1 Å². The van der Waals surface area contributed by atoms with Gasteiger partial charge in [-0.15, -0.1) is 0 Å². The smallest absolute Gasteiger partial charge is 0.208 e. The van der Waals surface area contributed by atoms with Gasteiger partial charge in [-0.2, -0.15) is 0 Å². The lowest BCUT2D eigenvalue weighted by atomic mass is 9.96. The molecule has 0 fully saturated rings. The average Bonchev–Trinajstić information content (AvgIpc) is 2.59. The van der Waals surface area contributed by atoms with E-state index in [2.05, 4.69) is 0 Å². The Labute approximate surface area is 128 Å². The molecule has 0 saturated carbocycles. The summed E-state index contributed by atoms with van der Waals surface area (Å²) in [4.78, 5) is 13.2. The second-order valence-corrected chi connectivity index (χ2v) is 7.30. The normalized spacial score (nSPS) is 15.4. The molecule has 1 heterocycles. The number of hydrogen-bond acceptors (Lipinski definition) is 3. The highest BCUT2D eigenvalue weighted by Gasteiger charge is 2.33. The second-order valence-electron chi connectivity index (χ2n) is 5.44. The molecule has 0 N–H and O–H groups in total. The number of ketones is 1. The molecule has 0 atom stereocenters. The van der Waals surface area contributed by atoms with Gasteiger partial charge in [0, 0.05) is 16.5 Å². The summed E-state index contributed by atoms with van der Waals surface area (Å²) in [5.41, 5.74) is 1.35. The van der Waals surface area contributed by atoms with Gasteiger partial charge in [-0.3, -0.25) is 4.79 Å². The number of carbonyl (C=O) groups is 1. The molecule has 0 bridgehead atoms. The first kappa shape index (κ1) is 13.2. The van der Waals surface area contributed by atoms with Crippen LogP contribution in [0, 0.1) is 6.92 Å². The van der Waals surface area contributed by atoms with Crippen LogP contribution in [-0.4, -0.2) is 14.2 Å². The van der Waals surface area contributed by atoms with Crippen molar-refractivity contribution in [2.75, 3.05) is 0 Å². The van der Waals surface area contributed by atoms with Gasteiger partial charge in [-0.25, -0.2) is 8.42 Å². The van der Waals surface area contributed by atoms with Crippen molar-refractivity contribution in [3.8, 4) is 0 Å². The molecule has 3 aromatic carbocycles. The predicted molar refractivity (Wildman–Crippen MR) is 84.0 cm³/mol. The third-order valence-corrected chi connectivity index (χ3v) is 6.13. The summed E-state index contributed by atoms with van der Waals surface area (Å²) in [7, 11) is -3.73.